The maximum absolute atomic E-state index is 13.4. The van der Waals surface area contributed by atoms with Crippen molar-refractivity contribution in [3.05, 3.63) is 107 Å². The fourth-order valence-corrected chi connectivity index (χ4v) is 6.85. The Hall–Kier alpha value is -3.81. The number of rotatable bonds is 6. The van der Waals surface area contributed by atoms with Gasteiger partial charge in [-0.2, -0.15) is 0 Å². The van der Waals surface area contributed by atoms with Gasteiger partial charge in [-0.05, 0) is 45.0 Å². The molecule has 3 aromatic carbocycles. The number of nitrogens with zero attached hydrogens (tertiary/aromatic N) is 1. The summed E-state index contributed by atoms with van der Waals surface area (Å²) in [4.78, 5) is 39.3. The van der Waals surface area contributed by atoms with Gasteiger partial charge in [0.25, 0.3) is 20.9 Å². The molecule has 6 nitrogen and oxygen atoms in total. The van der Waals surface area contributed by atoms with E-state index in [1.807, 2.05) is 55.5 Å². The molecule has 1 N–H and O–H groups in total. The molecule has 1 aliphatic heterocycles. The molecule has 1 saturated heterocycles. The van der Waals surface area contributed by atoms with Gasteiger partial charge in [-0.25, -0.2) is 4.90 Å². The third-order valence-corrected chi connectivity index (χ3v) is 8.92. The standard InChI is InChI=1S/C31H33N2O4Si/c1-20-26(19-37-38(23-13-9-7-10-14-23)24-15-11-8-12-16-24)25(17-18-27(20)31(4,5)6)28-30(36)33(22(3)34)21(2)29(35)32-28/h7-18,28H,2,19H2,1,3-6H3,(H,32,35). The monoisotopic (exact) mass is 525 g/mol. The van der Waals surface area contributed by atoms with Gasteiger partial charge in [0.1, 0.15) is 11.7 Å². The second-order valence-electron chi connectivity index (χ2n) is 10.5. The van der Waals surface area contributed by atoms with Gasteiger partial charge in [0.15, 0.2) is 0 Å². The lowest BCUT2D eigenvalue weighted by atomic mass is 9.80. The zero-order valence-corrected chi connectivity index (χ0v) is 23.5. The van der Waals surface area contributed by atoms with Crippen molar-refractivity contribution in [2.75, 3.05) is 0 Å². The summed E-state index contributed by atoms with van der Waals surface area (Å²) in [7, 11) is -1.62. The molecule has 7 heteroatoms. The highest BCUT2D eigenvalue weighted by molar-refractivity contribution is 6.80. The van der Waals surface area contributed by atoms with E-state index in [2.05, 4.69) is 56.9 Å². The van der Waals surface area contributed by atoms with Crippen molar-refractivity contribution < 1.29 is 18.8 Å². The van der Waals surface area contributed by atoms with E-state index in [9.17, 15) is 14.4 Å². The number of hydrogen-bond donors (Lipinski definition) is 1. The van der Waals surface area contributed by atoms with Gasteiger partial charge in [0.2, 0.25) is 5.91 Å². The summed E-state index contributed by atoms with van der Waals surface area (Å²) in [5.41, 5.74) is 3.26. The summed E-state index contributed by atoms with van der Waals surface area (Å²) in [5, 5.41) is 4.98. The summed E-state index contributed by atoms with van der Waals surface area (Å²) in [6.07, 6.45) is 0. The Labute approximate surface area is 226 Å². The zero-order chi connectivity index (χ0) is 27.6. The lowest BCUT2D eigenvalue weighted by molar-refractivity contribution is -0.148. The highest BCUT2D eigenvalue weighted by Gasteiger charge is 2.40. The van der Waals surface area contributed by atoms with Crippen LogP contribution in [-0.4, -0.2) is 31.7 Å². The number of carbonyl (C=O) groups is 3. The van der Waals surface area contributed by atoms with Crippen LogP contribution in [0.25, 0.3) is 0 Å². The SMILES string of the molecule is C=C1C(=O)NC(c2ccc(C(C)(C)C)c(C)c2CO[Si](c2ccccc2)c2ccccc2)C(=O)N1C(C)=O. The van der Waals surface area contributed by atoms with E-state index in [1.165, 1.54) is 6.92 Å². The van der Waals surface area contributed by atoms with Crippen molar-refractivity contribution in [3.63, 3.8) is 0 Å². The maximum atomic E-state index is 13.4. The Bertz CT molecular complexity index is 1340. The Balaban J connectivity index is 1.80. The Kier molecular flexibility index (Phi) is 7.80. The second-order valence-corrected chi connectivity index (χ2v) is 12.6. The third-order valence-electron chi connectivity index (χ3n) is 6.78. The molecule has 1 atom stereocenters. The molecule has 38 heavy (non-hydrogen) atoms. The molecule has 0 saturated carbocycles. The highest BCUT2D eigenvalue weighted by atomic mass is 28.3. The van der Waals surface area contributed by atoms with Gasteiger partial charge in [0.05, 0.1) is 6.61 Å². The number of carbonyl (C=O) groups excluding carboxylic acids is 3. The summed E-state index contributed by atoms with van der Waals surface area (Å²) >= 11 is 0. The van der Waals surface area contributed by atoms with Crippen molar-refractivity contribution in [2.45, 2.75) is 52.7 Å². The molecule has 195 valence electrons. The first-order valence-corrected chi connectivity index (χ1v) is 14.0. The van der Waals surface area contributed by atoms with E-state index in [1.54, 1.807) is 0 Å². The molecule has 1 aliphatic rings. The minimum absolute atomic E-state index is 0.149. The van der Waals surface area contributed by atoms with E-state index in [0.29, 0.717) is 5.56 Å². The van der Waals surface area contributed by atoms with Crippen LogP contribution in [0.4, 0.5) is 0 Å². The van der Waals surface area contributed by atoms with Gasteiger partial charge < -0.3 is 9.74 Å². The van der Waals surface area contributed by atoms with Crippen LogP contribution >= 0.6 is 0 Å². The Morgan fingerprint density at radius 2 is 1.53 bits per heavy atom. The number of imide groups is 1. The lowest BCUT2D eigenvalue weighted by Gasteiger charge is -2.34. The fourth-order valence-electron chi connectivity index (χ4n) is 4.90. The van der Waals surface area contributed by atoms with Gasteiger partial charge in [0, 0.05) is 6.92 Å². The number of amides is 3. The van der Waals surface area contributed by atoms with E-state index < -0.39 is 32.8 Å². The molecular weight excluding hydrogens is 492 g/mol. The largest absolute Gasteiger partial charge is 0.403 e. The molecule has 0 aliphatic carbocycles. The third kappa shape index (κ3) is 5.39. The maximum Gasteiger partial charge on any atom is 0.283 e. The smallest absolute Gasteiger partial charge is 0.283 e. The summed E-state index contributed by atoms with van der Waals surface area (Å²) in [5.74, 6) is -1.62. The molecule has 4 rings (SSSR count). The van der Waals surface area contributed by atoms with Crippen LogP contribution in [-0.2, 0) is 30.8 Å². The van der Waals surface area contributed by atoms with E-state index in [-0.39, 0.29) is 17.7 Å². The van der Waals surface area contributed by atoms with Crippen molar-refractivity contribution in [3.8, 4) is 0 Å². The molecule has 1 fully saturated rings. The number of nitrogens with one attached hydrogen (secondary N) is 1. The van der Waals surface area contributed by atoms with Gasteiger partial charge in [-0.15, -0.1) is 0 Å². The molecule has 1 radical (unpaired) electrons. The molecule has 0 aromatic heterocycles. The quantitative estimate of drug-likeness (QED) is 0.394. The average molecular weight is 526 g/mol. The molecule has 0 bridgehead atoms. The summed E-state index contributed by atoms with van der Waals surface area (Å²) in [6.45, 7) is 13.6. The van der Waals surface area contributed by atoms with E-state index >= 15 is 0 Å². The van der Waals surface area contributed by atoms with Crippen molar-refractivity contribution >= 4 is 37.1 Å². The van der Waals surface area contributed by atoms with Gasteiger partial charge >= 0.3 is 0 Å². The van der Waals surface area contributed by atoms with Crippen molar-refractivity contribution in [1.82, 2.24) is 10.2 Å². The molecule has 3 aromatic rings. The summed E-state index contributed by atoms with van der Waals surface area (Å²) in [6, 6.07) is 23.1. The van der Waals surface area contributed by atoms with E-state index in [0.717, 1.165) is 32.0 Å². The minimum Gasteiger partial charge on any atom is -0.403 e. The molecule has 1 heterocycles. The first-order valence-electron chi connectivity index (χ1n) is 12.6. The van der Waals surface area contributed by atoms with Crippen LogP contribution in [0, 0.1) is 6.92 Å². The van der Waals surface area contributed by atoms with Crippen molar-refractivity contribution in [1.29, 1.82) is 0 Å². The Morgan fingerprint density at radius 1 is 0.974 bits per heavy atom. The van der Waals surface area contributed by atoms with Crippen LogP contribution in [0.3, 0.4) is 0 Å². The van der Waals surface area contributed by atoms with Crippen LogP contribution in [0.2, 0.25) is 0 Å². The van der Waals surface area contributed by atoms with E-state index in [4.69, 9.17) is 4.43 Å². The Morgan fingerprint density at radius 3 is 2.03 bits per heavy atom. The normalized spacial score (nSPS) is 16.1. The number of hydrogen-bond acceptors (Lipinski definition) is 4. The molecule has 0 spiro atoms. The highest BCUT2D eigenvalue weighted by Crippen LogP contribution is 2.34. The number of piperazine rings is 1. The number of benzene rings is 3. The fraction of sp³-hybridized carbons (Fsp3) is 0.258. The summed E-state index contributed by atoms with van der Waals surface area (Å²) < 4.78 is 6.72. The second kappa shape index (κ2) is 10.9. The van der Waals surface area contributed by atoms with Crippen LogP contribution < -0.4 is 15.7 Å². The predicted octanol–water partition coefficient (Wildman–Crippen LogP) is 3.67. The molecule has 1 unspecified atom stereocenters. The van der Waals surface area contributed by atoms with Gasteiger partial charge in [-0.3, -0.25) is 14.4 Å². The van der Waals surface area contributed by atoms with Crippen LogP contribution in [0.5, 0.6) is 0 Å². The topological polar surface area (TPSA) is 75.7 Å². The van der Waals surface area contributed by atoms with Crippen LogP contribution in [0.1, 0.15) is 56.0 Å². The van der Waals surface area contributed by atoms with Crippen molar-refractivity contribution in [2.24, 2.45) is 0 Å². The van der Waals surface area contributed by atoms with Gasteiger partial charge in [-0.1, -0.05) is 100 Å². The first-order chi connectivity index (χ1) is 18.0. The first kappa shape index (κ1) is 27.2. The van der Waals surface area contributed by atoms with Crippen LogP contribution in [0.15, 0.2) is 85.1 Å². The molecule has 3 amide bonds. The minimum atomic E-state index is -1.62. The average Bonchev–Trinajstić information content (AvgIpc) is 2.87. The lowest BCUT2D eigenvalue weighted by Crippen LogP contribution is -2.53. The predicted molar refractivity (Wildman–Crippen MR) is 150 cm³/mol. The zero-order valence-electron chi connectivity index (χ0n) is 22.5. The molecular formula is C31H33N2O4Si.